The molecule has 76 valence electrons. The van der Waals surface area contributed by atoms with E-state index in [0.29, 0.717) is 0 Å². The van der Waals surface area contributed by atoms with Crippen LogP contribution in [0.5, 0.6) is 0 Å². The van der Waals surface area contributed by atoms with Crippen molar-refractivity contribution in [3.8, 4) is 0 Å². The minimum Gasteiger partial charge on any atom is -0.388 e. The van der Waals surface area contributed by atoms with Gasteiger partial charge in [0, 0.05) is 4.92 Å². The van der Waals surface area contributed by atoms with Gasteiger partial charge in [0.2, 0.25) is 6.54 Å². The highest BCUT2D eigenvalue weighted by atomic mass is 16.6. The van der Waals surface area contributed by atoms with Gasteiger partial charge in [-0.1, -0.05) is 0 Å². The van der Waals surface area contributed by atoms with Crippen LogP contribution in [0.25, 0.3) is 0 Å². The van der Waals surface area contributed by atoms with Gasteiger partial charge in [-0.2, -0.15) is 0 Å². The monoisotopic (exact) mass is 193 g/mol. The molecule has 0 amide bonds. The van der Waals surface area contributed by atoms with Crippen molar-refractivity contribution in [2.45, 2.75) is 24.4 Å². The van der Waals surface area contributed by atoms with Crippen LogP contribution in [0, 0.1) is 10.1 Å². The zero-order chi connectivity index (χ0) is 10.0. The Bertz CT molecular complexity index is 198. The Kier molecular flexibility index (Phi) is 3.15. The van der Waals surface area contributed by atoms with E-state index in [1.54, 1.807) is 0 Å². The Hall–Kier alpha value is -0.760. The first-order valence-electron chi connectivity index (χ1n) is 3.80. The van der Waals surface area contributed by atoms with Crippen LogP contribution in [0.3, 0.4) is 0 Å². The summed E-state index contributed by atoms with van der Waals surface area (Å²) in [5.74, 6) is 0. The number of hydrogen-bond acceptors (Lipinski definition) is 6. The topological polar surface area (TPSA) is 113 Å². The number of aliphatic hydroxyl groups is 3. The Labute approximate surface area is 73.7 Å². The first-order valence-corrected chi connectivity index (χ1v) is 3.80. The number of nitro groups is 1. The van der Waals surface area contributed by atoms with Crippen LogP contribution in [0.15, 0.2) is 0 Å². The maximum absolute atomic E-state index is 10.1. The third-order valence-corrected chi connectivity index (χ3v) is 1.94. The summed E-state index contributed by atoms with van der Waals surface area (Å²) in [4.78, 5) is 9.43. The normalized spacial score (nSPS) is 40.2. The largest absolute Gasteiger partial charge is 0.388 e. The second-order valence-corrected chi connectivity index (χ2v) is 2.94. The van der Waals surface area contributed by atoms with E-state index in [9.17, 15) is 15.2 Å². The van der Waals surface area contributed by atoms with E-state index >= 15 is 0 Å². The van der Waals surface area contributed by atoms with Crippen molar-refractivity contribution < 1.29 is 25.0 Å². The minimum absolute atomic E-state index is 0.198. The molecule has 3 N–H and O–H groups in total. The maximum Gasteiger partial charge on any atom is 0.232 e. The van der Waals surface area contributed by atoms with Gasteiger partial charge in [0.25, 0.3) is 0 Å². The van der Waals surface area contributed by atoms with E-state index in [2.05, 4.69) is 0 Å². The van der Waals surface area contributed by atoms with Crippen LogP contribution in [-0.4, -0.2) is 57.8 Å². The summed E-state index contributed by atoms with van der Waals surface area (Å²) >= 11 is 0. The molecule has 0 aromatic carbocycles. The molecule has 0 aromatic heterocycles. The Balaban J connectivity index is 2.53. The van der Waals surface area contributed by atoms with Gasteiger partial charge in [-0.25, -0.2) is 0 Å². The zero-order valence-corrected chi connectivity index (χ0v) is 6.74. The zero-order valence-electron chi connectivity index (χ0n) is 6.74. The van der Waals surface area contributed by atoms with Crippen LogP contribution in [0.4, 0.5) is 0 Å². The van der Waals surface area contributed by atoms with Crippen LogP contribution in [0.2, 0.25) is 0 Å². The van der Waals surface area contributed by atoms with E-state index in [4.69, 9.17) is 14.9 Å². The number of nitrogens with zero attached hydrogens (tertiary/aromatic N) is 1. The molecule has 4 unspecified atom stereocenters. The molecule has 7 nitrogen and oxygen atoms in total. The van der Waals surface area contributed by atoms with Crippen LogP contribution in [-0.2, 0) is 4.74 Å². The van der Waals surface area contributed by atoms with Crippen molar-refractivity contribution in [2.24, 2.45) is 0 Å². The molecule has 0 bridgehead atoms. The molecule has 0 radical (unpaired) electrons. The average molecular weight is 193 g/mol. The first kappa shape index (κ1) is 10.3. The van der Waals surface area contributed by atoms with Gasteiger partial charge < -0.3 is 20.1 Å². The van der Waals surface area contributed by atoms with E-state index in [-0.39, 0.29) is 6.61 Å². The lowest BCUT2D eigenvalue weighted by molar-refractivity contribution is -0.497. The van der Waals surface area contributed by atoms with E-state index < -0.39 is 35.9 Å². The Morgan fingerprint density at radius 2 is 2.00 bits per heavy atom. The molecule has 1 aliphatic heterocycles. The molecule has 0 saturated carbocycles. The summed E-state index contributed by atoms with van der Waals surface area (Å²) in [5, 5.41) is 37.4. The highest BCUT2D eigenvalue weighted by Gasteiger charge is 2.39. The average Bonchev–Trinajstić information content (AvgIpc) is 2.06. The molecule has 1 saturated heterocycles. The van der Waals surface area contributed by atoms with Crippen molar-refractivity contribution in [2.75, 3.05) is 13.2 Å². The first-order chi connectivity index (χ1) is 6.02. The summed E-state index contributed by atoms with van der Waals surface area (Å²) in [6.07, 6.45) is -5.01. The van der Waals surface area contributed by atoms with E-state index in [1.165, 1.54) is 0 Å². The van der Waals surface area contributed by atoms with Gasteiger partial charge in [-0.3, -0.25) is 10.1 Å². The van der Waals surface area contributed by atoms with Crippen molar-refractivity contribution in [1.29, 1.82) is 0 Å². The fourth-order valence-corrected chi connectivity index (χ4v) is 1.17. The highest BCUT2D eigenvalue weighted by Crippen LogP contribution is 2.15. The summed E-state index contributed by atoms with van der Waals surface area (Å²) in [7, 11) is 0. The SMILES string of the molecule is O=[N+]([O-])CC1OCC(O)C(O)C1O. The van der Waals surface area contributed by atoms with Gasteiger partial charge in [-0.05, 0) is 0 Å². The van der Waals surface area contributed by atoms with Crippen molar-refractivity contribution in [3.05, 3.63) is 10.1 Å². The van der Waals surface area contributed by atoms with Crippen LogP contribution in [0.1, 0.15) is 0 Å². The van der Waals surface area contributed by atoms with Gasteiger partial charge in [0.05, 0.1) is 6.61 Å². The van der Waals surface area contributed by atoms with Crippen molar-refractivity contribution in [1.82, 2.24) is 0 Å². The van der Waals surface area contributed by atoms with Crippen molar-refractivity contribution >= 4 is 0 Å². The smallest absolute Gasteiger partial charge is 0.232 e. The molecule has 13 heavy (non-hydrogen) atoms. The van der Waals surface area contributed by atoms with Crippen LogP contribution >= 0.6 is 0 Å². The number of aliphatic hydroxyl groups excluding tert-OH is 3. The molecule has 1 rings (SSSR count). The van der Waals surface area contributed by atoms with Gasteiger partial charge in [0.15, 0.2) is 6.10 Å². The Morgan fingerprint density at radius 1 is 1.38 bits per heavy atom. The van der Waals surface area contributed by atoms with E-state index in [1.807, 2.05) is 0 Å². The lowest BCUT2D eigenvalue weighted by Crippen LogP contribution is -2.54. The summed E-state index contributed by atoms with van der Waals surface area (Å²) in [5.41, 5.74) is 0. The summed E-state index contributed by atoms with van der Waals surface area (Å²) in [6, 6.07) is 0. The Morgan fingerprint density at radius 3 is 2.54 bits per heavy atom. The second kappa shape index (κ2) is 3.97. The second-order valence-electron chi connectivity index (χ2n) is 2.94. The van der Waals surface area contributed by atoms with Crippen LogP contribution < -0.4 is 0 Å². The van der Waals surface area contributed by atoms with E-state index in [0.717, 1.165) is 0 Å². The minimum atomic E-state index is -1.41. The van der Waals surface area contributed by atoms with Gasteiger partial charge >= 0.3 is 0 Å². The fourth-order valence-electron chi connectivity index (χ4n) is 1.17. The quantitative estimate of drug-likeness (QED) is 0.337. The standard InChI is InChI=1S/C6H11NO6/c8-3-2-13-4(1-7(11)12)6(10)5(3)9/h3-6,8-10H,1-2H2. The number of rotatable bonds is 2. The van der Waals surface area contributed by atoms with Crippen molar-refractivity contribution in [3.63, 3.8) is 0 Å². The third-order valence-electron chi connectivity index (χ3n) is 1.94. The molecule has 7 heteroatoms. The lowest BCUT2D eigenvalue weighted by atomic mass is 10.0. The number of hydrogen-bond donors (Lipinski definition) is 3. The molecule has 1 aliphatic rings. The predicted molar refractivity (Wildman–Crippen MR) is 39.6 cm³/mol. The summed E-state index contributed by atoms with van der Waals surface area (Å²) in [6.45, 7) is -0.776. The third kappa shape index (κ3) is 2.34. The molecular weight excluding hydrogens is 182 g/mol. The molecule has 0 aromatic rings. The summed E-state index contributed by atoms with van der Waals surface area (Å²) < 4.78 is 4.78. The highest BCUT2D eigenvalue weighted by molar-refractivity contribution is 4.86. The fraction of sp³-hybridized carbons (Fsp3) is 1.00. The molecule has 0 aliphatic carbocycles. The van der Waals surface area contributed by atoms with Gasteiger partial charge in [-0.15, -0.1) is 0 Å². The molecular formula is C6H11NO6. The van der Waals surface area contributed by atoms with Gasteiger partial charge in [0.1, 0.15) is 18.3 Å². The lowest BCUT2D eigenvalue weighted by Gasteiger charge is -2.33. The predicted octanol–water partition coefficient (Wildman–Crippen LogP) is -2.26. The number of ether oxygens (including phenoxy) is 1. The molecule has 0 spiro atoms. The molecule has 1 fully saturated rings. The molecule has 1 heterocycles. The molecule has 4 atom stereocenters. The maximum atomic E-state index is 10.1.